The number of nitrogens with zero attached hydrogens (tertiary/aromatic N) is 1. The number of amides is 3. The molecule has 2 aromatic rings. The van der Waals surface area contributed by atoms with Crippen LogP contribution in [0.4, 0.5) is 5.69 Å². The predicted molar refractivity (Wildman–Crippen MR) is 119 cm³/mol. The summed E-state index contributed by atoms with van der Waals surface area (Å²) in [6, 6.07) is 9.17. The molecule has 1 aliphatic heterocycles. The van der Waals surface area contributed by atoms with Gasteiger partial charge >= 0.3 is 0 Å². The van der Waals surface area contributed by atoms with Gasteiger partial charge in [-0.05, 0) is 24.1 Å². The van der Waals surface area contributed by atoms with Gasteiger partial charge in [0.15, 0.2) is 0 Å². The third-order valence-corrected chi connectivity index (χ3v) is 5.12. The maximum atomic E-state index is 13.0. The molecule has 3 amide bonds. The van der Waals surface area contributed by atoms with E-state index in [0.29, 0.717) is 22.4 Å². The standard InChI is InChI=1S/C23H29N3O6/c1-15(2)14-24-19-7-6-18-21-16(19)4-3-5-17(21)22(28)26(23(18)29)9-11-32-13-12-31-10-8-20(27)25-30/h3-7,15,24,30H,8-14H2,1-2H3,(H,25,27). The largest absolute Gasteiger partial charge is 0.384 e. The number of carbonyl (C=O) groups is 3. The Morgan fingerprint density at radius 1 is 1.00 bits per heavy atom. The van der Waals surface area contributed by atoms with Gasteiger partial charge in [-0.3, -0.25) is 24.5 Å². The molecule has 0 bridgehead atoms. The van der Waals surface area contributed by atoms with Crippen LogP contribution in [0.2, 0.25) is 0 Å². The molecule has 0 fully saturated rings. The van der Waals surface area contributed by atoms with Crippen molar-refractivity contribution in [2.75, 3.05) is 44.8 Å². The van der Waals surface area contributed by atoms with Gasteiger partial charge in [0, 0.05) is 34.1 Å². The van der Waals surface area contributed by atoms with Crippen LogP contribution >= 0.6 is 0 Å². The van der Waals surface area contributed by atoms with Gasteiger partial charge in [0.05, 0.1) is 39.4 Å². The average molecular weight is 444 g/mol. The second-order valence-electron chi connectivity index (χ2n) is 7.94. The van der Waals surface area contributed by atoms with Gasteiger partial charge in [0.2, 0.25) is 5.91 Å². The van der Waals surface area contributed by atoms with E-state index in [2.05, 4.69) is 19.2 Å². The Balaban J connectivity index is 1.60. The number of hydrogen-bond acceptors (Lipinski definition) is 7. The Morgan fingerprint density at radius 2 is 1.69 bits per heavy atom. The van der Waals surface area contributed by atoms with Gasteiger partial charge in [-0.1, -0.05) is 26.0 Å². The van der Waals surface area contributed by atoms with Crippen molar-refractivity contribution in [1.29, 1.82) is 0 Å². The number of benzene rings is 2. The molecule has 0 radical (unpaired) electrons. The molecule has 32 heavy (non-hydrogen) atoms. The summed E-state index contributed by atoms with van der Waals surface area (Å²) in [7, 11) is 0. The van der Waals surface area contributed by atoms with Gasteiger partial charge in [-0.2, -0.15) is 0 Å². The summed E-state index contributed by atoms with van der Waals surface area (Å²) in [6.45, 7) is 6.02. The highest BCUT2D eigenvalue weighted by molar-refractivity contribution is 6.26. The number of hydrogen-bond donors (Lipinski definition) is 3. The normalized spacial score (nSPS) is 13.2. The summed E-state index contributed by atoms with van der Waals surface area (Å²) >= 11 is 0. The zero-order chi connectivity index (χ0) is 23.1. The molecule has 0 saturated heterocycles. The first kappa shape index (κ1) is 23.6. The Labute approximate surface area is 186 Å². The number of rotatable bonds is 12. The van der Waals surface area contributed by atoms with Crippen LogP contribution in [0.5, 0.6) is 0 Å². The van der Waals surface area contributed by atoms with E-state index in [4.69, 9.17) is 14.7 Å². The molecule has 0 unspecified atom stereocenters. The van der Waals surface area contributed by atoms with Crippen molar-refractivity contribution < 1.29 is 29.1 Å². The molecule has 0 aromatic heterocycles. The van der Waals surface area contributed by atoms with Crippen LogP contribution < -0.4 is 10.8 Å². The van der Waals surface area contributed by atoms with Crippen molar-refractivity contribution in [3.63, 3.8) is 0 Å². The Kier molecular flexibility index (Phi) is 8.15. The van der Waals surface area contributed by atoms with Crippen molar-refractivity contribution in [3.05, 3.63) is 41.5 Å². The van der Waals surface area contributed by atoms with Gasteiger partial charge < -0.3 is 14.8 Å². The quantitative estimate of drug-likeness (QED) is 0.200. The summed E-state index contributed by atoms with van der Waals surface area (Å²) < 4.78 is 10.7. The van der Waals surface area contributed by atoms with E-state index in [1.165, 1.54) is 10.4 Å². The molecule has 0 saturated carbocycles. The van der Waals surface area contributed by atoms with E-state index in [1.807, 2.05) is 18.2 Å². The molecule has 0 spiro atoms. The SMILES string of the molecule is CC(C)CNc1ccc2c3c(cccc13)C(=O)N(CCOCCOCCC(=O)NO)C2=O. The van der Waals surface area contributed by atoms with Gasteiger partial charge in [-0.15, -0.1) is 0 Å². The Hall–Kier alpha value is -3.01. The molecule has 9 heteroatoms. The molecule has 0 aliphatic carbocycles. The number of ether oxygens (including phenoxy) is 2. The lowest BCUT2D eigenvalue weighted by Gasteiger charge is -2.28. The lowest BCUT2D eigenvalue weighted by atomic mass is 9.93. The highest BCUT2D eigenvalue weighted by Gasteiger charge is 2.33. The van der Waals surface area contributed by atoms with Gasteiger partial charge in [0.1, 0.15) is 0 Å². The van der Waals surface area contributed by atoms with Crippen LogP contribution in [0, 0.1) is 5.92 Å². The highest BCUT2D eigenvalue weighted by atomic mass is 16.5. The fourth-order valence-electron chi connectivity index (χ4n) is 3.52. The smallest absolute Gasteiger partial charge is 0.261 e. The maximum absolute atomic E-state index is 13.0. The van der Waals surface area contributed by atoms with E-state index in [0.717, 1.165) is 17.6 Å². The summed E-state index contributed by atoms with van der Waals surface area (Å²) in [6.07, 6.45) is 0.0486. The fourth-order valence-corrected chi connectivity index (χ4v) is 3.52. The second-order valence-corrected chi connectivity index (χ2v) is 7.94. The second kappa shape index (κ2) is 11.0. The maximum Gasteiger partial charge on any atom is 0.261 e. The zero-order valence-corrected chi connectivity index (χ0v) is 18.3. The van der Waals surface area contributed by atoms with Crippen LogP contribution in [0.25, 0.3) is 10.8 Å². The molecule has 9 nitrogen and oxygen atoms in total. The van der Waals surface area contributed by atoms with Crippen LogP contribution in [0.3, 0.4) is 0 Å². The van der Waals surface area contributed by atoms with E-state index in [1.54, 1.807) is 12.1 Å². The topological polar surface area (TPSA) is 117 Å². The highest BCUT2D eigenvalue weighted by Crippen LogP contribution is 2.34. The number of hydroxylamine groups is 1. The minimum atomic E-state index is -0.522. The van der Waals surface area contributed by atoms with Crippen molar-refractivity contribution in [3.8, 4) is 0 Å². The van der Waals surface area contributed by atoms with Crippen LogP contribution in [-0.2, 0) is 14.3 Å². The van der Waals surface area contributed by atoms with Gasteiger partial charge in [0.25, 0.3) is 11.8 Å². The third-order valence-electron chi connectivity index (χ3n) is 5.12. The van der Waals surface area contributed by atoms with E-state index < -0.39 is 5.91 Å². The first-order valence-corrected chi connectivity index (χ1v) is 10.7. The number of imide groups is 1. The summed E-state index contributed by atoms with van der Waals surface area (Å²) in [4.78, 5) is 38.2. The fraction of sp³-hybridized carbons (Fsp3) is 0.435. The van der Waals surface area contributed by atoms with E-state index in [9.17, 15) is 14.4 Å². The molecule has 0 atom stereocenters. The van der Waals surface area contributed by atoms with Crippen LogP contribution in [-0.4, -0.2) is 67.3 Å². The van der Waals surface area contributed by atoms with Crippen LogP contribution in [0.1, 0.15) is 41.0 Å². The number of nitrogens with one attached hydrogen (secondary N) is 2. The first-order chi connectivity index (χ1) is 15.4. The zero-order valence-electron chi connectivity index (χ0n) is 18.3. The molecule has 1 aliphatic rings. The van der Waals surface area contributed by atoms with Crippen molar-refractivity contribution >= 4 is 34.2 Å². The minimum absolute atomic E-state index is 0.0486. The Bertz CT molecular complexity index is 969. The minimum Gasteiger partial charge on any atom is -0.384 e. The molecule has 3 rings (SSSR count). The molecule has 3 N–H and O–H groups in total. The molecule has 172 valence electrons. The number of anilines is 1. The lowest BCUT2D eigenvalue weighted by Crippen LogP contribution is -2.42. The third kappa shape index (κ3) is 5.42. The van der Waals surface area contributed by atoms with Crippen molar-refractivity contribution in [2.24, 2.45) is 5.92 Å². The van der Waals surface area contributed by atoms with Crippen molar-refractivity contribution in [1.82, 2.24) is 10.4 Å². The Morgan fingerprint density at radius 3 is 2.38 bits per heavy atom. The average Bonchev–Trinajstić information content (AvgIpc) is 2.79. The predicted octanol–water partition coefficient (Wildman–Crippen LogP) is 2.43. The van der Waals surface area contributed by atoms with E-state index in [-0.39, 0.29) is 51.2 Å². The summed E-state index contributed by atoms with van der Waals surface area (Å²) in [5, 5.41) is 13.4. The monoisotopic (exact) mass is 443 g/mol. The summed E-state index contributed by atoms with van der Waals surface area (Å²) in [5.74, 6) is -0.718. The summed E-state index contributed by atoms with van der Waals surface area (Å²) in [5.41, 5.74) is 3.46. The van der Waals surface area contributed by atoms with Crippen LogP contribution in [0.15, 0.2) is 30.3 Å². The lowest BCUT2D eigenvalue weighted by molar-refractivity contribution is -0.130. The molecular weight excluding hydrogens is 414 g/mol. The number of carbonyl (C=O) groups excluding carboxylic acids is 3. The van der Waals surface area contributed by atoms with E-state index >= 15 is 0 Å². The molecule has 1 heterocycles. The molecular formula is C23H29N3O6. The molecule has 2 aromatic carbocycles. The van der Waals surface area contributed by atoms with Crippen molar-refractivity contribution in [2.45, 2.75) is 20.3 Å². The first-order valence-electron chi connectivity index (χ1n) is 10.7. The van der Waals surface area contributed by atoms with Gasteiger partial charge in [-0.25, -0.2) is 5.48 Å².